The second kappa shape index (κ2) is 12.1. The summed E-state index contributed by atoms with van der Waals surface area (Å²) in [6, 6.07) is 29.6. The fraction of sp³-hybridized carbons (Fsp3) is 0.103. The Hall–Kier alpha value is -4.78. The molecule has 4 aromatic rings. The van der Waals surface area contributed by atoms with E-state index < -0.39 is 11.9 Å². The molecule has 0 fully saturated rings. The molecule has 36 heavy (non-hydrogen) atoms. The van der Waals surface area contributed by atoms with Crippen LogP contribution >= 0.6 is 0 Å². The average molecular weight is 479 g/mol. The summed E-state index contributed by atoms with van der Waals surface area (Å²) in [5, 5.41) is 5.60. The number of carbonyl (C=O) groups is 3. The van der Waals surface area contributed by atoms with Crippen molar-refractivity contribution in [3.8, 4) is 0 Å². The first kappa shape index (κ1) is 24.3. The number of para-hydroxylation sites is 1. The molecule has 0 saturated heterocycles. The topological polar surface area (TPSA) is 91.4 Å². The lowest BCUT2D eigenvalue weighted by Crippen LogP contribution is -2.45. The van der Waals surface area contributed by atoms with Gasteiger partial charge < -0.3 is 15.5 Å². The van der Waals surface area contributed by atoms with Crippen molar-refractivity contribution in [1.82, 2.24) is 15.2 Å². The zero-order chi connectivity index (χ0) is 25.2. The zero-order valence-corrected chi connectivity index (χ0v) is 19.6. The van der Waals surface area contributed by atoms with Crippen LogP contribution in [-0.2, 0) is 16.1 Å². The lowest BCUT2D eigenvalue weighted by Gasteiger charge is -2.31. The molecule has 3 aromatic carbocycles. The highest BCUT2D eigenvalue weighted by molar-refractivity contribution is 5.99. The summed E-state index contributed by atoms with van der Waals surface area (Å²) in [5.41, 5.74) is 2.53. The standard InChI is InChI=1S/C29H26N4O3/c34-26(20-31-28(35)24-12-6-2-7-13-24)33(21-22-10-4-1-5-11-22)27(23-16-18-30-19-17-23)29(36)32-25-14-8-3-9-15-25/h1-19,27H,20-21H2,(H,31,35)(H,32,36). The van der Waals surface area contributed by atoms with E-state index >= 15 is 0 Å². The molecule has 7 heteroatoms. The highest BCUT2D eigenvalue weighted by Gasteiger charge is 2.32. The minimum absolute atomic E-state index is 0.177. The normalized spacial score (nSPS) is 11.2. The Kier molecular flexibility index (Phi) is 8.17. The lowest BCUT2D eigenvalue weighted by atomic mass is 10.0. The Morgan fingerprint density at radius 2 is 1.33 bits per heavy atom. The first-order chi connectivity index (χ1) is 17.6. The molecular formula is C29H26N4O3. The zero-order valence-electron chi connectivity index (χ0n) is 19.6. The number of hydrogen-bond donors (Lipinski definition) is 2. The number of anilines is 1. The first-order valence-electron chi connectivity index (χ1n) is 11.5. The Balaban J connectivity index is 1.63. The number of pyridine rings is 1. The van der Waals surface area contributed by atoms with Crippen molar-refractivity contribution in [2.75, 3.05) is 11.9 Å². The highest BCUT2D eigenvalue weighted by Crippen LogP contribution is 2.25. The molecule has 180 valence electrons. The molecule has 1 unspecified atom stereocenters. The average Bonchev–Trinajstić information content (AvgIpc) is 2.93. The van der Waals surface area contributed by atoms with Crippen molar-refractivity contribution >= 4 is 23.4 Å². The van der Waals surface area contributed by atoms with Gasteiger partial charge in [0.05, 0.1) is 6.54 Å². The van der Waals surface area contributed by atoms with Gasteiger partial charge in [-0.2, -0.15) is 0 Å². The van der Waals surface area contributed by atoms with Crippen molar-refractivity contribution < 1.29 is 14.4 Å². The van der Waals surface area contributed by atoms with Gasteiger partial charge in [-0.15, -0.1) is 0 Å². The van der Waals surface area contributed by atoms with Gasteiger partial charge in [-0.05, 0) is 47.5 Å². The summed E-state index contributed by atoms with van der Waals surface area (Å²) < 4.78 is 0. The fourth-order valence-corrected chi connectivity index (χ4v) is 3.80. The quantitative estimate of drug-likeness (QED) is 0.377. The SMILES string of the molecule is O=C(NCC(=O)N(Cc1ccccc1)C(C(=O)Nc1ccccc1)c1ccncc1)c1ccccc1. The summed E-state index contributed by atoms with van der Waals surface area (Å²) in [7, 11) is 0. The second-order valence-corrected chi connectivity index (χ2v) is 8.09. The minimum Gasteiger partial charge on any atom is -0.343 e. The molecule has 7 nitrogen and oxygen atoms in total. The van der Waals surface area contributed by atoms with Crippen LogP contribution in [0, 0.1) is 0 Å². The summed E-state index contributed by atoms with van der Waals surface area (Å²) in [5.74, 6) is -1.13. The first-order valence-corrected chi connectivity index (χ1v) is 11.5. The molecule has 0 spiro atoms. The van der Waals surface area contributed by atoms with E-state index in [1.165, 1.54) is 4.90 Å². The molecule has 0 aliphatic rings. The van der Waals surface area contributed by atoms with Crippen molar-refractivity contribution in [2.24, 2.45) is 0 Å². The van der Waals surface area contributed by atoms with Crippen LogP contribution in [0.2, 0.25) is 0 Å². The molecule has 3 amide bonds. The maximum atomic E-state index is 13.6. The molecule has 4 rings (SSSR count). The van der Waals surface area contributed by atoms with Gasteiger partial charge in [0.15, 0.2) is 0 Å². The monoisotopic (exact) mass is 478 g/mol. The van der Waals surface area contributed by atoms with Gasteiger partial charge in [-0.3, -0.25) is 19.4 Å². The molecule has 0 aliphatic heterocycles. The van der Waals surface area contributed by atoms with Gasteiger partial charge in [0.25, 0.3) is 11.8 Å². The lowest BCUT2D eigenvalue weighted by molar-refractivity contribution is -0.138. The predicted octanol–water partition coefficient (Wildman–Crippen LogP) is 4.22. The second-order valence-electron chi connectivity index (χ2n) is 8.09. The Labute approximate surface area is 209 Å². The van der Waals surface area contributed by atoms with E-state index in [0.29, 0.717) is 16.8 Å². The van der Waals surface area contributed by atoms with E-state index in [-0.39, 0.29) is 24.9 Å². The number of hydrogen-bond acceptors (Lipinski definition) is 4. The molecule has 2 N–H and O–H groups in total. The summed E-state index contributed by atoms with van der Waals surface area (Å²) >= 11 is 0. The van der Waals surface area contributed by atoms with Gasteiger partial charge in [0.1, 0.15) is 6.04 Å². The van der Waals surface area contributed by atoms with Crippen molar-refractivity contribution in [3.63, 3.8) is 0 Å². The van der Waals surface area contributed by atoms with Gasteiger partial charge >= 0.3 is 0 Å². The van der Waals surface area contributed by atoms with E-state index in [1.54, 1.807) is 60.9 Å². The number of aromatic nitrogens is 1. The number of nitrogens with one attached hydrogen (secondary N) is 2. The van der Waals surface area contributed by atoms with Crippen LogP contribution in [0.4, 0.5) is 5.69 Å². The van der Waals surface area contributed by atoms with E-state index in [2.05, 4.69) is 15.6 Å². The van der Waals surface area contributed by atoms with Gasteiger partial charge in [-0.1, -0.05) is 66.7 Å². The summed E-state index contributed by atoms with van der Waals surface area (Å²) in [6.45, 7) is -0.0865. The molecular weight excluding hydrogens is 452 g/mol. The fourth-order valence-electron chi connectivity index (χ4n) is 3.80. The molecule has 0 bridgehead atoms. The summed E-state index contributed by atoms with van der Waals surface area (Å²) in [4.78, 5) is 45.3. The van der Waals surface area contributed by atoms with Crippen molar-refractivity contribution in [1.29, 1.82) is 0 Å². The Morgan fingerprint density at radius 1 is 0.750 bits per heavy atom. The van der Waals surface area contributed by atoms with E-state index in [4.69, 9.17) is 0 Å². The van der Waals surface area contributed by atoms with Crippen LogP contribution in [0.25, 0.3) is 0 Å². The molecule has 0 aliphatic carbocycles. The summed E-state index contributed by atoms with van der Waals surface area (Å²) in [6.07, 6.45) is 3.17. The third kappa shape index (κ3) is 6.42. The van der Waals surface area contributed by atoms with Crippen LogP contribution in [0.5, 0.6) is 0 Å². The van der Waals surface area contributed by atoms with Gasteiger partial charge in [-0.25, -0.2) is 0 Å². The number of nitrogens with zero attached hydrogens (tertiary/aromatic N) is 2. The maximum absolute atomic E-state index is 13.6. The van der Waals surface area contributed by atoms with Gasteiger partial charge in [0.2, 0.25) is 5.91 Å². The van der Waals surface area contributed by atoms with Crippen LogP contribution in [0.15, 0.2) is 116 Å². The molecule has 0 radical (unpaired) electrons. The Morgan fingerprint density at radius 3 is 1.97 bits per heavy atom. The highest BCUT2D eigenvalue weighted by atomic mass is 16.2. The number of rotatable bonds is 9. The maximum Gasteiger partial charge on any atom is 0.251 e. The smallest absolute Gasteiger partial charge is 0.251 e. The van der Waals surface area contributed by atoms with Crippen LogP contribution in [0.1, 0.15) is 27.5 Å². The van der Waals surface area contributed by atoms with Crippen molar-refractivity contribution in [2.45, 2.75) is 12.6 Å². The van der Waals surface area contributed by atoms with Crippen LogP contribution in [-0.4, -0.2) is 34.2 Å². The largest absolute Gasteiger partial charge is 0.343 e. The third-order valence-corrected chi connectivity index (χ3v) is 5.58. The van der Waals surface area contributed by atoms with E-state index in [1.807, 2.05) is 54.6 Å². The van der Waals surface area contributed by atoms with E-state index in [0.717, 1.165) is 5.56 Å². The molecule has 0 saturated carbocycles. The molecule has 1 atom stereocenters. The number of benzene rings is 3. The van der Waals surface area contributed by atoms with Gasteiger partial charge in [0, 0.05) is 30.2 Å². The minimum atomic E-state index is -0.950. The number of amides is 3. The van der Waals surface area contributed by atoms with Crippen molar-refractivity contribution in [3.05, 3.63) is 132 Å². The molecule has 1 heterocycles. The van der Waals surface area contributed by atoms with E-state index in [9.17, 15) is 14.4 Å². The number of carbonyl (C=O) groups excluding carboxylic acids is 3. The Bertz CT molecular complexity index is 1280. The third-order valence-electron chi connectivity index (χ3n) is 5.58. The molecule has 1 aromatic heterocycles. The predicted molar refractivity (Wildman–Crippen MR) is 138 cm³/mol. The van der Waals surface area contributed by atoms with Crippen LogP contribution in [0.3, 0.4) is 0 Å². The van der Waals surface area contributed by atoms with Crippen LogP contribution < -0.4 is 10.6 Å².